The second-order valence-corrected chi connectivity index (χ2v) is 7.99. The van der Waals surface area contributed by atoms with Crippen molar-refractivity contribution >= 4 is 39.6 Å². The van der Waals surface area contributed by atoms with Crippen molar-refractivity contribution in [2.24, 2.45) is 0 Å². The Labute approximate surface area is 176 Å². The van der Waals surface area contributed by atoms with Crippen molar-refractivity contribution in [3.8, 4) is 22.0 Å². The highest BCUT2D eigenvalue weighted by Crippen LogP contribution is 2.31. The van der Waals surface area contributed by atoms with Gasteiger partial charge < -0.3 is 10.1 Å². The average Bonchev–Trinajstić information content (AvgIpc) is 3.40. The summed E-state index contributed by atoms with van der Waals surface area (Å²) in [5, 5.41) is 7.81. The van der Waals surface area contributed by atoms with E-state index in [0.717, 1.165) is 21.7 Å². The molecule has 0 radical (unpaired) electrons. The number of thiophene rings is 1. The third-order valence-electron chi connectivity index (χ3n) is 4.06. The van der Waals surface area contributed by atoms with Crippen LogP contribution in [0.15, 0.2) is 53.4 Å². The van der Waals surface area contributed by atoms with Gasteiger partial charge in [0.1, 0.15) is 5.56 Å². The van der Waals surface area contributed by atoms with Crippen molar-refractivity contribution in [2.45, 2.75) is 13.8 Å². The Morgan fingerprint density at radius 2 is 2.07 bits per heavy atom. The summed E-state index contributed by atoms with van der Waals surface area (Å²) in [6.07, 6.45) is 1.50. The van der Waals surface area contributed by atoms with Gasteiger partial charge in [-0.2, -0.15) is 0 Å². The van der Waals surface area contributed by atoms with Crippen molar-refractivity contribution in [2.75, 3.05) is 11.9 Å². The predicted molar refractivity (Wildman–Crippen MR) is 117 cm³/mol. The molecule has 0 fully saturated rings. The molecule has 4 rings (SSSR count). The van der Waals surface area contributed by atoms with E-state index in [1.165, 1.54) is 17.5 Å². The van der Waals surface area contributed by atoms with Crippen LogP contribution in [0.25, 0.3) is 22.0 Å². The van der Waals surface area contributed by atoms with E-state index < -0.39 is 5.97 Å². The van der Waals surface area contributed by atoms with Gasteiger partial charge in [-0.15, -0.1) is 22.7 Å². The number of carbonyl (C=O) groups is 1. The zero-order chi connectivity index (χ0) is 20.2. The van der Waals surface area contributed by atoms with E-state index in [1.807, 2.05) is 54.1 Å². The van der Waals surface area contributed by atoms with Gasteiger partial charge in [0.05, 0.1) is 17.2 Å². The Hall–Kier alpha value is -3.10. The lowest BCUT2D eigenvalue weighted by Crippen LogP contribution is -2.11. The van der Waals surface area contributed by atoms with E-state index in [-0.39, 0.29) is 12.2 Å². The van der Waals surface area contributed by atoms with Gasteiger partial charge >= 0.3 is 5.97 Å². The number of aryl methyl sites for hydroxylation is 1. The normalized spacial score (nSPS) is 10.7. The molecule has 29 heavy (non-hydrogen) atoms. The Bertz CT molecular complexity index is 1140. The highest BCUT2D eigenvalue weighted by molar-refractivity contribution is 7.16. The molecule has 146 valence electrons. The van der Waals surface area contributed by atoms with Crippen molar-refractivity contribution in [1.82, 2.24) is 15.0 Å². The lowest BCUT2D eigenvalue weighted by atomic mass is 10.1. The molecule has 0 amide bonds. The molecule has 8 heteroatoms. The summed E-state index contributed by atoms with van der Waals surface area (Å²) in [4.78, 5) is 27.1. The van der Waals surface area contributed by atoms with Gasteiger partial charge in [0, 0.05) is 17.1 Å². The minimum atomic E-state index is -0.471. The molecule has 0 aliphatic rings. The van der Waals surface area contributed by atoms with Crippen LogP contribution in [0, 0.1) is 6.92 Å². The smallest absolute Gasteiger partial charge is 0.343 e. The first kappa shape index (κ1) is 19.2. The highest BCUT2D eigenvalue weighted by atomic mass is 32.1. The number of thiazole rings is 1. The van der Waals surface area contributed by atoms with Crippen molar-refractivity contribution in [1.29, 1.82) is 0 Å². The Kier molecular flexibility index (Phi) is 5.64. The fraction of sp³-hybridized carbons (Fsp3) is 0.143. The predicted octanol–water partition coefficient (Wildman–Crippen LogP) is 5.56. The number of esters is 1. The molecule has 6 nitrogen and oxygen atoms in total. The zero-order valence-electron chi connectivity index (χ0n) is 15.9. The average molecular weight is 423 g/mol. The minimum Gasteiger partial charge on any atom is -0.462 e. The molecule has 0 aliphatic heterocycles. The van der Waals surface area contributed by atoms with Gasteiger partial charge in [0.2, 0.25) is 0 Å². The third-order valence-corrected chi connectivity index (χ3v) is 5.71. The summed E-state index contributed by atoms with van der Waals surface area (Å²) in [5.74, 6) is 0.433. The summed E-state index contributed by atoms with van der Waals surface area (Å²) in [6, 6.07) is 11.9. The van der Waals surface area contributed by atoms with Crippen LogP contribution < -0.4 is 5.32 Å². The summed E-state index contributed by atoms with van der Waals surface area (Å²) in [5.41, 5.74) is 3.15. The molecule has 0 unspecified atom stereocenters. The van der Waals surface area contributed by atoms with Gasteiger partial charge in [-0.25, -0.2) is 19.7 Å². The molecule has 4 aromatic rings. The number of ether oxygens (including phenoxy) is 1. The molecule has 0 saturated carbocycles. The summed E-state index contributed by atoms with van der Waals surface area (Å²) in [7, 11) is 0. The van der Waals surface area contributed by atoms with Gasteiger partial charge in [0.15, 0.2) is 16.8 Å². The molecule has 0 spiro atoms. The van der Waals surface area contributed by atoms with E-state index in [0.29, 0.717) is 16.8 Å². The number of carbonyl (C=O) groups excluding carboxylic acids is 1. The SMILES string of the molecule is CCOC(=O)c1cnc(-c2cccc(C)c2)nc1Nc1nc(-c2cccs2)cs1. The fourth-order valence-corrected chi connectivity index (χ4v) is 4.20. The molecule has 3 aromatic heterocycles. The van der Waals surface area contributed by atoms with Crippen LogP contribution in [0.5, 0.6) is 0 Å². The van der Waals surface area contributed by atoms with E-state index in [9.17, 15) is 4.79 Å². The number of hydrogen-bond acceptors (Lipinski definition) is 8. The molecule has 1 N–H and O–H groups in total. The molecule has 0 atom stereocenters. The van der Waals surface area contributed by atoms with E-state index in [2.05, 4.69) is 20.3 Å². The van der Waals surface area contributed by atoms with Gasteiger partial charge in [0.25, 0.3) is 0 Å². The lowest BCUT2D eigenvalue weighted by molar-refractivity contribution is 0.0526. The number of anilines is 2. The quantitative estimate of drug-likeness (QED) is 0.410. The van der Waals surface area contributed by atoms with Crippen LogP contribution in [0.1, 0.15) is 22.8 Å². The Balaban J connectivity index is 1.70. The van der Waals surface area contributed by atoms with Crippen molar-refractivity contribution in [3.63, 3.8) is 0 Å². The molecule has 0 aliphatic carbocycles. The Morgan fingerprint density at radius 1 is 1.17 bits per heavy atom. The maximum atomic E-state index is 12.4. The van der Waals surface area contributed by atoms with Crippen molar-refractivity contribution in [3.05, 3.63) is 64.5 Å². The number of hydrogen-bond donors (Lipinski definition) is 1. The number of nitrogens with zero attached hydrogens (tertiary/aromatic N) is 3. The van der Waals surface area contributed by atoms with Crippen LogP contribution in [0.4, 0.5) is 10.9 Å². The van der Waals surface area contributed by atoms with E-state index in [1.54, 1.807) is 18.3 Å². The minimum absolute atomic E-state index is 0.274. The van der Waals surface area contributed by atoms with E-state index in [4.69, 9.17) is 4.74 Å². The van der Waals surface area contributed by atoms with Crippen LogP contribution in [0.2, 0.25) is 0 Å². The second-order valence-electron chi connectivity index (χ2n) is 6.19. The summed E-state index contributed by atoms with van der Waals surface area (Å²) < 4.78 is 5.16. The largest absolute Gasteiger partial charge is 0.462 e. The van der Waals surface area contributed by atoms with Gasteiger partial charge in [-0.05, 0) is 31.4 Å². The van der Waals surface area contributed by atoms with Crippen LogP contribution in [-0.4, -0.2) is 27.5 Å². The monoisotopic (exact) mass is 422 g/mol. The fourth-order valence-electron chi connectivity index (χ4n) is 2.73. The molecule has 0 saturated heterocycles. The summed E-state index contributed by atoms with van der Waals surface area (Å²) in [6.45, 7) is 4.05. The number of benzene rings is 1. The first-order valence-corrected chi connectivity index (χ1v) is 10.8. The molecule has 3 heterocycles. The molecular weight excluding hydrogens is 404 g/mol. The van der Waals surface area contributed by atoms with Crippen molar-refractivity contribution < 1.29 is 9.53 Å². The standard InChI is InChI=1S/C21H18N4O2S2/c1-3-27-20(26)15-11-22-18(14-7-4-6-13(2)10-14)24-19(15)25-21-23-16(12-29-21)17-8-5-9-28-17/h4-12H,3H2,1-2H3,(H,22,23,24,25). The topological polar surface area (TPSA) is 77.0 Å². The second kappa shape index (κ2) is 8.50. The number of rotatable bonds is 6. The van der Waals surface area contributed by atoms with Gasteiger partial charge in [-0.1, -0.05) is 29.8 Å². The lowest BCUT2D eigenvalue weighted by Gasteiger charge is -2.10. The molecule has 0 bridgehead atoms. The maximum Gasteiger partial charge on any atom is 0.343 e. The number of aromatic nitrogens is 3. The summed E-state index contributed by atoms with van der Waals surface area (Å²) >= 11 is 3.08. The van der Waals surface area contributed by atoms with Crippen LogP contribution in [-0.2, 0) is 4.74 Å². The third kappa shape index (κ3) is 4.33. The maximum absolute atomic E-state index is 12.4. The Morgan fingerprint density at radius 3 is 2.83 bits per heavy atom. The molecular formula is C21H18N4O2S2. The highest BCUT2D eigenvalue weighted by Gasteiger charge is 2.18. The van der Waals surface area contributed by atoms with Crippen LogP contribution >= 0.6 is 22.7 Å². The van der Waals surface area contributed by atoms with Gasteiger partial charge in [-0.3, -0.25) is 0 Å². The first-order valence-electron chi connectivity index (χ1n) is 9.01. The number of nitrogens with one attached hydrogen (secondary N) is 1. The first-order chi connectivity index (χ1) is 14.1. The zero-order valence-corrected chi connectivity index (χ0v) is 17.5. The molecule has 1 aromatic carbocycles. The van der Waals surface area contributed by atoms with Crippen LogP contribution in [0.3, 0.4) is 0 Å². The van der Waals surface area contributed by atoms with E-state index >= 15 is 0 Å².